The highest BCUT2D eigenvalue weighted by Crippen LogP contribution is 2.14. The summed E-state index contributed by atoms with van der Waals surface area (Å²) in [6, 6.07) is -1.66. The molecule has 0 aliphatic rings. The fourth-order valence-electron chi connectivity index (χ4n) is 1.03. The maximum absolute atomic E-state index is 11.6. The summed E-state index contributed by atoms with van der Waals surface area (Å²) < 4.78 is 31.7. The van der Waals surface area contributed by atoms with Crippen molar-refractivity contribution in [3.8, 4) is 0 Å². The number of urea groups is 1. The lowest BCUT2D eigenvalue weighted by Crippen LogP contribution is -2.60. The van der Waals surface area contributed by atoms with Gasteiger partial charge in [-0.3, -0.25) is 4.79 Å². The number of nitrogens with two attached hydrogens (primary N) is 4. The lowest BCUT2D eigenvalue weighted by Gasteiger charge is -2.26. The largest absolute Gasteiger partial charge is 0.490 e. The van der Waals surface area contributed by atoms with Gasteiger partial charge in [0, 0.05) is 0 Å². The number of carbonyl (C=O) groups excluding carboxylic acids is 2. The van der Waals surface area contributed by atoms with Crippen LogP contribution in [-0.2, 0) is 14.4 Å². The van der Waals surface area contributed by atoms with Crippen LogP contribution in [0.2, 0.25) is 0 Å². The molecule has 25 heavy (non-hydrogen) atoms. The van der Waals surface area contributed by atoms with E-state index in [0.29, 0.717) is 0 Å². The van der Waals surface area contributed by atoms with Crippen molar-refractivity contribution in [1.82, 2.24) is 0 Å². The Hall–Kier alpha value is -2.41. The van der Waals surface area contributed by atoms with Crippen LogP contribution in [0, 0.1) is 5.92 Å². The number of carboxylic acid groups (broad SMARTS) is 2. The van der Waals surface area contributed by atoms with Crippen LogP contribution in [-0.4, -0.2) is 51.7 Å². The highest BCUT2D eigenvalue weighted by atomic mass is 19.4. The molecule has 0 spiro atoms. The lowest BCUT2D eigenvalue weighted by atomic mass is 9.84. The van der Waals surface area contributed by atoms with Crippen molar-refractivity contribution < 1.29 is 42.6 Å². The molecule has 10 nitrogen and oxygen atoms in total. The number of amides is 2. The van der Waals surface area contributed by atoms with Gasteiger partial charge in [0.2, 0.25) is 0 Å². The molecule has 2 atom stereocenters. The molecule has 13 heteroatoms. The van der Waals surface area contributed by atoms with E-state index in [2.05, 4.69) is 11.5 Å². The fourth-order valence-corrected chi connectivity index (χ4v) is 1.03. The van der Waals surface area contributed by atoms with Crippen LogP contribution >= 0.6 is 0 Å². The van der Waals surface area contributed by atoms with Crippen molar-refractivity contribution in [2.75, 3.05) is 0 Å². The van der Waals surface area contributed by atoms with Gasteiger partial charge in [0.05, 0.1) is 6.04 Å². The molecule has 0 radical (unpaired) electrons. The molecule has 0 aromatic heterocycles. The first-order chi connectivity index (χ1) is 10.9. The van der Waals surface area contributed by atoms with Crippen LogP contribution in [0.15, 0.2) is 0 Å². The van der Waals surface area contributed by atoms with E-state index in [9.17, 15) is 22.8 Å². The average molecular weight is 376 g/mol. The highest BCUT2D eigenvalue weighted by Gasteiger charge is 2.43. The second-order valence-corrected chi connectivity index (χ2v) is 4.97. The Labute approximate surface area is 141 Å². The summed E-state index contributed by atoms with van der Waals surface area (Å²) in [5, 5.41) is 16.0. The van der Waals surface area contributed by atoms with Crippen LogP contribution in [0.5, 0.6) is 0 Å². The van der Waals surface area contributed by atoms with Crippen molar-refractivity contribution >= 4 is 23.8 Å². The maximum atomic E-state index is 11.6. The van der Waals surface area contributed by atoms with Crippen LogP contribution in [0.25, 0.3) is 0 Å². The van der Waals surface area contributed by atoms with Crippen molar-refractivity contribution in [3.05, 3.63) is 0 Å². The number of primary amides is 2. The van der Waals surface area contributed by atoms with Gasteiger partial charge in [0.15, 0.2) is 11.3 Å². The zero-order valence-corrected chi connectivity index (χ0v) is 13.8. The van der Waals surface area contributed by atoms with Gasteiger partial charge in [-0.2, -0.15) is 13.2 Å². The zero-order valence-electron chi connectivity index (χ0n) is 13.8. The van der Waals surface area contributed by atoms with Crippen molar-refractivity contribution in [2.45, 2.75) is 44.9 Å². The monoisotopic (exact) mass is 376 g/mol. The Balaban J connectivity index is -0.000000365. The van der Waals surface area contributed by atoms with E-state index in [4.69, 9.17) is 31.3 Å². The molecule has 0 aromatic carbocycles. The Morgan fingerprint density at radius 1 is 1.00 bits per heavy atom. The molecule has 0 bridgehead atoms. The number of halogens is 3. The number of Topliss-reactive ketones (excluding diaryl/α,β-unsaturated/α-hetero) is 1. The van der Waals surface area contributed by atoms with Crippen LogP contribution < -0.4 is 22.9 Å². The van der Waals surface area contributed by atoms with Crippen molar-refractivity contribution in [3.63, 3.8) is 0 Å². The first-order valence-electron chi connectivity index (χ1n) is 6.62. The van der Waals surface area contributed by atoms with Gasteiger partial charge in [0.1, 0.15) is 0 Å². The lowest BCUT2D eigenvalue weighted by molar-refractivity contribution is -0.192. The molecule has 0 fully saturated rings. The minimum absolute atomic E-state index is 0.0432. The first-order valence-corrected chi connectivity index (χ1v) is 6.62. The third-order valence-electron chi connectivity index (χ3n) is 2.64. The van der Waals surface area contributed by atoms with Gasteiger partial charge in [-0.15, -0.1) is 0 Å². The van der Waals surface area contributed by atoms with Gasteiger partial charge in [-0.05, 0) is 12.3 Å². The first kappa shape index (κ1) is 27.4. The predicted octanol–water partition coefficient (Wildman–Crippen LogP) is -0.612. The van der Waals surface area contributed by atoms with E-state index in [0.717, 1.165) is 0 Å². The Morgan fingerprint density at radius 2 is 1.28 bits per heavy atom. The maximum Gasteiger partial charge on any atom is 0.490 e. The molecule has 0 aromatic rings. The minimum atomic E-state index is -5.08. The second-order valence-electron chi connectivity index (χ2n) is 4.97. The molecule has 148 valence electrons. The van der Waals surface area contributed by atoms with Crippen LogP contribution in [0.3, 0.4) is 0 Å². The summed E-state index contributed by atoms with van der Waals surface area (Å²) >= 11 is 0. The summed E-state index contributed by atoms with van der Waals surface area (Å²) in [6.07, 6.45) is -5.04. The Morgan fingerprint density at radius 3 is 1.40 bits per heavy atom. The van der Waals surface area contributed by atoms with E-state index in [1.807, 2.05) is 0 Å². The molecule has 10 N–H and O–H groups in total. The third kappa shape index (κ3) is 11.7. The van der Waals surface area contributed by atoms with Crippen LogP contribution in [0.4, 0.5) is 18.0 Å². The zero-order chi connectivity index (χ0) is 21.2. The summed E-state index contributed by atoms with van der Waals surface area (Å²) in [7, 11) is 0. The molecule has 0 heterocycles. The standard InChI is InChI=1S/C9H18N2O3.C2HF3O2.CH4N2O/c1-4-9(11,8(13)14)7(12)6(10)5(2)3;3-2(4,5)1(6)7;2-1(3)4/h5-6H,4,10-11H2,1-3H3,(H,13,14);(H,6,7);(H4,2,3,4). The SMILES string of the molecule is CCC(N)(C(=O)O)C(=O)C(N)C(C)C.NC(N)=O.O=C(O)C(F)(F)F. The van der Waals surface area contributed by atoms with Gasteiger partial charge >= 0.3 is 24.1 Å². The normalized spacial score (nSPS) is 14.0. The summed E-state index contributed by atoms with van der Waals surface area (Å²) in [4.78, 5) is 40.4. The van der Waals surface area contributed by atoms with Gasteiger partial charge < -0.3 is 33.1 Å². The number of hydrogen-bond acceptors (Lipinski definition) is 6. The van der Waals surface area contributed by atoms with Crippen molar-refractivity contribution in [1.29, 1.82) is 0 Å². The van der Waals surface area contributed by atoms with Gasteiger partial charge in [-0.1, -0.05) is 20.8 Å². The molecule has 0 rings (SSSR count). The number of rotatable bonds is 5. The minimum Gasteiger partial charge on any atom is -0.480 e. The van der Waals surface area contributed by atoms with E-state index >= 15 is 0 Å². The van der Waals surface area contributed by atoms with E-state index in [1.165, 1.54) is 0 Å². The molecular formula is C12H23F3N4O6. The second kappa shape index (κ2) is 11.2. The van der Waals surface area contributed by atoms with E-state index in [1.54, 1.807) is 20.8 Å². The molecule has 0 aliphatic heterocycles. The number of hydrogen-bond donors (Lipinski definition) is 6. The highest BCUT2D eigenvalue weighted by molar-refractivity contribution is 6.09. The van der Waals surface area contributed by atoms with Crippen molar-refractivity contribution in [2.24, 2.45) is 28.9 Å². The quantitative estimate of drug-likeness (QED) is 0.339. The smallest absolute Gasteiger partial charge is 0.480 e. The molecule has 2 unspecified atom stereocenters. The number of ketones is 1. The predicted molar refractivity (Wildman–Crippen MR) is 80.1 cm³/mol. The van der Waals surface area contributed by atoms with E-state index < -0.39 is 41.5 Å². The summed E-state index contributed by atoms with van der Waals surface area (Å²) in [5.74, 6) is -4.80. The molecule has 0 saturated carbocycles. The molecule has 2 amide bonds. The Kier molecular flexibility index (Phi) is 12.3. The Bertz CT molecular complexity index is 480. The summed E-state index contributed by atoms with van der Waals surface area (Å²) in [6.45, 7) is 5.06. The summed E-state index contributed by atoms with van der Waals surface area (Å²) in [5.41, 5.74) is 17.7. The molecular weight excluding hydrogens is 353 g/mol. The van der Waals surface area contributed by atoms with Crippen LogP contribution in [0.1, 0.15) is 27.2 Å². The number of carbonyl (C=O) groups is 4. The fraction of sp³-hybridized carbons (Fsp3) is 0.667. The molecule has 0 aliphatic carbocycles. The third-order valence-corrected chi connectivity index (χ3v) is 2.64. The number of aliphatic carboxylic acids is 2. The van der Waals surface area contributed by atoms with E-state index in [-0.39, 0.29) is 12.3 Å². The topological polar surface area (TPSA) is 213 Å². The average Bonchev–Trinajstić information content (AvgIpc) is 2.43. The van der Waals surface area contributed by atoms with Gasteiger partial charge in [0.25, 0.3) is 0 Å². The molecule has 0 saturated heterocycles. The number of alkyl halides is 3. The van der Waals surface area contributed by atoms with Gasteiger partial charge in [-0.25, -0.2) is 14.4 Å². The number of carboxylic acids is 2.